The molecule has 0 amide bonds. The van der Waals surface area contributed by atoms with Crippen molar-refractivity contribution in [1.29, 1.82) is 0 Å². The van der Waals surface area contributed by atoms with E-state index in [-0.39, 0.29) is 60.3 Å². The van der Waals surface area contributed by atoms with Crippen LogP contribution in [0.5, 0.6) is 0 Å². The van der Waals surface area contributed by atoms with Crippen molar-refractivity contribution < 1.29 is 77.8 Å². The summed E-state index contributed by atoms with van der Waals surface area (Å²) in [5.41, 5.74) is 0. The second kappa shape index (κ2) is 12.1. The average molecular weight is 345 g/mol. The van der Waals surface area contributed by atoms with Crippen LogP contribution in [0.2, 0.25) is 0 Å². The fourth-order valence-corrected chi connectivity index (χ4v) is 0. The molecule has 0 unspecified atom stereocenters. The Balaban J connectivity index is -0.0000000133. The predicted molar refractivity (Wildman–Crippen MR) is 17.7 cm³/mol. The zero-order valence-corrected chi connectivity index (χ0v) is 9.75. The quantitative estimate of drug-likeness (QED) is 0.244. The number of hydrogen-bond acceptors (Lipinski definition) is 4. The van der Waals surface area contributed by atoms with Crippen LogP contribution in [0.3, 0.4) is 0 Å². The van der Waals surface area contributed by atoms with Crippen LogP contribution in [0.15, 0.2) is 0 Å². The van der Waals surface area contributed by atoms with E-state index in [2.05, 4.69) is 0 Å². The van der Waals surface area contributed by atoms with Crippen LogP contribution in [0, 0.1) is 0 Å². The van der Waals surface area contributed by atoms with Gasteiger partial charge >= 0.3 is 49.3 Å². The predicted octanol–water partition coefficient (Wildman–Crippen LogP) is -5.99. The largest absolute Gasteiger partial charge is 4.00 e. The van der Waals surface area contributed by atoms with Gasteiger partial charge < -0.3 is 20.1 Å². The Morgan fingerprint density at radius 3 is 1.00 bits per heavy atom. The van der Waals surface area contributed by atoms with Crippen LogP contribution in [0.25, 0.3) is 0 Å². The van der Waals surface area contributed by atoms with Gasteiger partial charge in [0.1, 0.15) is 0 Å². The van der Waals surface area contributed by atoms with E-state index in [4.69, 9.17) is 17.5 Å². The zero-order valence-electron chi connectivity index (χ0n) is 4.39. The van der Waals surface area contributed by atoms with Gasteiger partial charge in [0.2, 0.25) is 0 Å². The molecular formula is H4NaO6OsS+3. The first kappa shape index (κ1) is 31.5. The van der Waals surface area contributed by atoms with Crippen molar-refractivity contribution >= 4 is 10.4 Å². The maximum atomic E-state index is 8.52. The standard InChI is InChI=1S/Na.H2O4S.2H2O.Os/c;1-5(2,3)4;;;/h;(H2,1,2,3,4);2*1H2;/q+1;;;;+4/p-2. The van der Waals surface area contributed by atoms with Gasteiger partial charge in [-0.2, -0.15) is 0 Å². The van der Waals surface area contributed by atoms with Gasteiger partial charge in [0, 0.05) is 10.4 Å². The Kier molecular flexibility index (Phi) is 42.4. The molecule has 6 nitrogen and oxygen atoms in total. The third-order valence-corrected chi connectivity index (χ3v) is 0. The Hall–Kier alpha value is 1.43. The summed E-state index contributed by atoms with van der Waals surface area (Å²) in [7, 11) is -5.17. The van der Waals surface area contributed by atoms with Gasteiger partial charge in [0.05, 0.1) is 0 Å². The molecule has 0 saturated heterocycles. The minimum absolute atomic E-state index is 0. The second-order valence-corrected chi connectivity index (χ2v) is 1.22. The van der Waals surface area contributed by atoms with Crippen molar-refractivity contribution in [1.82, 2.24) is 0 Å². The van der Waals surface area contributed by atoms with Gasteiger partial charge in [-0.15, -0.1) is 0 Å². The average Bonchev–Trinajstić information content (AvgIpc) is 0.722. The minimum atomic E-state index is -5.17. The van der Waals surface area contributed by atoms with Crippen LogP contribution in [0.1, 0.15) is 0 Å². The van der Waals surface area contributed by atoms with Crippen LogP contribution in [0.4, 0.5) is 0 Å². The zero-order chi connectivity index (χ0) is 4.50. The maximum Gasteiger partial charge on any atom is 4.00 e. The molecule has 0 aliphatic carbocycles. The first-order valence-electron chi connectivity index (χ1n) is 0.667. The molecule has 9 heteroatoms. The Morgan fingerprint density at radius 1 is 1.00 bits per heavy atom. The topological polar surface area (TPSA) is 143 Å². The molecule has 0 saturated carbocycles. The first-order chi connectivity index (χ1) is 2.00. The molecule has 0 aliphatic heterocycles. The monoisotopic (exact) mass is 347 g/mol. The van der Waals surface area contributed by atoms with Crippen LogP contribution in [-0.4, -0.2) is 28.5 Å². The summed E-state index contributed by atoms with van der Waals surface area (Å²) in [5, 5.41) is 0. The van der Waals surface area contributed by atoms with Gasteiger partial charge in [-0.1, -0.05) is 0 Å². The number of rotatable bonds is 0. The Labute approximate surface area is 87.6 Å². The molecule has 9 heavy (non-hydrogen) atoms. The summed E-state index contributed by atoms with van der Waals surface area (Å²) in [4.78, 5) is 0. The van der Waals surface area contributed by atoms with Crippen molar-refractivity contribution in [3.8, 4) is 0 Å². The van der Waals surface area contributed by atoms with Crippen LogP contribution >= 0.6 is 0 Å². The van der Waals surface area contributed by atoms with E-state index in [1.54, 1.807) is 0 Å². The summed E-state index contributed by atoms with van der Waals surface area (Å²) < 4.78 is 34.1. The third-order valence-electron chi connectivity index (χ3n) is 0. The van der Waals surface area contributed by atoms with Gasteiger partial charge in [-0.05, 0) is 0 Å². The van der Waals surface area contributed by atoms with Gasteiger partial charge in [-0.3, -0.25) is 8.42 Å². The number of hydrogen-bond donors (Lipinski definition) is 0. The molecular weight excluding hydrogens is 341 g/mol. The molecule has 0 bridgehead atoms. The van der Waals surface area contributed by atoms with E-state index >= 15 is 0 Å². The van der Waals surface area contributed by atoms with Gasteiger partial charge in [-0.25, -0.2) is 0 Å². The second-order valence-electron chi connectivity index (χ2n) is 0.408. The van der Waals surface area contributed by atoms with E-state index in [0.29, 0.717) is 0 Å². The fourth-order valence-electron chi connectivity index (χ4n) is 0. The Morgan fingerprint density at radius 2 is 1.00 bits per heavy atom. The molecule has 0 aromatic rings. The van der Waals surface area contributed by atoms with E-state index in [1.165, 1.54) is 0 Å². The maximum absolute atomic E-state index is 8.52. The summed E-state index contributed by atoms with van der Waals surface area (Å²) in [6.07, 6.45) is 0. The summed E-state index contributed by atoms with van der Waals surface area (Å²) >= 11 is 0. The summed E-state index contributed by atoms with van der Waals surface area (Å²) in [6, 6.07) is 0. The van der Waals surface area contributed by atoms with Crippen LogP contribution in [-0.2, 0) is 30.2 Å². The molecule has 0 spiro atoms. The van der Waals surface area contributed by atoms with E-state index in [0.717, 1.165) is 0 Å². The molecule has 0 atom stereocenters. The smallest absolute Gasteiger partial charge is 0.759 e. The van der Waals surface area contributed by atoms with Crippen molar-refractivity contribution in [3.63, 3.8) is 0 Å². The summed E-state index contributed by atoms with van der Waals surface area (Å²) in [5.74, 6) is 0. The third kappa shape index (κ3) is 256. The van der Waals surface area contributed by atoms with E-state index < -0.39 is 10.4 Å². The summed E-state index contributed by atoms with van der Waals surface area (Å²) in [6.45, 7) is 0. The first-order valence-corrected chi connectivity index (χ1v) is 2.00. The Bertz CT molecular complexity index is 96.2. The molecule has 4 N–H and O–H groups in total. The van der Waals surface area contributed by atoms with E-state index in [9.17, 15) is 0 Å². The molecule has 0 fully saturated rings. The minimum Gasteiger partial charge on any atom is -0.759 e. The van der Waals surface area contributed by atoms with Crippen molar-refractivity contribution in [2.45, 2.75) is 0 Å². The van der Waals surface area contributed by atoms with Crippen LogP contribution < -0.4 is 29.6 Å². The molecule has 0 aromatic heterocycles. The van der Waals surface area contributed by atoms with E-state index in [1.807, 2.05) is 0 Å². The fraction of sp³-hybridized carbons (Fsp3) is 0. The molecule has 0 aromatic carbocycles. The van der Waals surface area contributed by atoms with Crippen molar-refractivity contribution in [2.24, 2.45) is 0 Å². The molecule has 0 rings (SSSR count). The normalized spacial score (nSPS) is 6.44. The van der Waals surface area contributed by atoms with Crippen molar-refractivity contribution in [2.75, 3.05) is 0 Å². The van der Waals surface area contributed by atoms with Gasteiger partial charge in [0.25, 0.3) is 0 Å². The van der Waals surface area contributed by atoms with Crippen molar-refractivity contribution in [3.05, 3.63) is 0 Å². The SMILES string of the molecule is O.O.O=S(=O)([O-])[O-].[Na+].[Os+4]. The van der Waals surface area contributed by atoms with Gasteiger partial charge in [0.15, 0.2) is 0 Å². The molecule has 0 radical (unpaired) electrons. The molecule has 52 valence electrons. The molecule has 0 heterocycles. The molecule has 0 aliphatic rings.